The number of rotatable bonds is 6. The topological polar surface area (TPSA) is 47.6 Å². The van der Waals surface area contributed by atoms with Crippen molar-refractivity contribution in [3.05, 3.63) is 84.4 Å². The molecule has 28 heavy (non-hydrogen) atoms. The van der Waals surface area contributed by atoms with Gasteiger partial charge in [-0.1, -0.05) is 24.3 Å². The minimum Gasteiger partial charge on any atom is -0.484 e. The van der Waals surface area contributed by atoms with Gasteiger partial charge in [-0.2, -0.15) is 13.2 Å². The maximum Gasteiger partial charge on any atom is 0.416 e. The van der Waals surface area contributed by atoms with E-state index in [-0.39, 0.29) is 5.75 Å². The van der Waals surface area contributed by atoms with Crippen LogP contribution in [0.2, 0.25) is 0 Å². The van der Waals surface area contributed by atoms with Crippen molar-refractivity contribution in [1.29, 1.82) is 0 Å². The zero-order valence-electron chi connectivity index (χ0n) is 14.6. The minimum absolute atomic E-state index is 0.0309. The number of amides is 1. The number of alkyl halides is 3. The van der Waals surface area contributed by atoms with Crippen LogP contribution in [0.15, 0.2) is 78.9 Å². The summed E-state index contributed by atoms with van der Waals surface area (Å²) in [6.45, 7) is -0.413. The number of benzene rings is 3. The van der Waals surface area contributed by atoms with E-state index in [1.807, 2.05) is 30.3 Å². The van der Waals surface area contributed by atoms with Gasteiger partial charge < -0.3 is 14.8 Å². The summed E-state index contributed by atoms with van der Waals surface area (Å²) < 4.78 is 48.8. The van der Waals surface area contributed by atoms with Crippen molar-refractivity contribution >= 4 is 11.6 Å². The largest absolute Gasteiger partial charge is 0.484 e. The Hall–Kier alpha value is -3.48. The van der Waals surface area contributed by atoms with Crippen molar-refractivity contribution in [1.82, 2.24) is 0 Å². The van der Waals surface area contributed by atoms with Crippen molar-refractivity contribution in [2.45, 2.75) is 6.18 Å². The van der Waals surface area contributed by atoms with Crippen LogP contribution in [0.4, 0.5) is 18.9 Å². The van der Waals surface area contributed by atoms with Gasteiger partial charge in [-0.25, -0.2) is 0 Å². The lowest BCUT2D eigenvalue weighted by Crippen LogP contribution is -2.20. The molecule has 0 aliphatic heterocycles. The molecule has 0 atom stereocenters. The predicted molar refractivity (Wildman–Crippen MR) is 98.5 cm³/mol. The second-order valence-corrected chi connectivity index (χ2v) is 5.80. The van der Waals surface area contributed by atoms with E-state index in [0.717, 1.165) is 12.1 Å². The SMILES string of the molecule is O=C(COc1cccc(C(F)(F)F)c1)Nc1ccc(Oc2ccccc2)cc1. The molecule has 0 saturated heterocycles. The minimum atomic E-state index is -4.47. The van der Waals surface area contributed by atoms with Gasteiger partial charge in [-0.3, -0.25) is 4.79 Å². The highest BCUT2D eigenvalue weighted by Gasteiger charge is 2.30. The van der Waals surface area contributed by atoms with E-state index in [2.05, 4.69) is 5.32 Å². The van der Waals surface area contributed by atoms with Gasteiger partial charge in [0.15, 0.2) is 6.61 Å². The molecule has 0 saturated carbocycles. The van der Waals surface area contributed by atoms with Crippen LogP contribution in [-0.2, 0) is 11.0 Å². The number of hydrogen-bond donors (Lipinski definition) is 1. The van der Waals surface area contributed by atoms with Crippen LogP contribution in [-0.4, -0.2) is 12.5 Å². The molecule has 1 amide bonds. The van der Waals surface area contributed by atoms with Crippen LogP contribution < -0.4 is 14.8 Å². The average molecular weight is 387 g/mol. The van der Waals surface area contributed by atoms with Crippen molar-refractivity contribution in [3.8, 4) is 17.2 Å². The van der Waals surface area contributed by atoms with Gasteiger partial charge >= 0.3 is 6.18 Å². The fourth-order valence-electron chi connectivity index (χ4n) is 2.34. The quantitative estimate of drug-likeness (QED) is 0.606. The van der Waals surface area contributed by atoms with E-state index in [1.54, 1.807) is 24.3 Å². The molecular weight excluding hydrogens is 371 g/mol. The van der Waals surface area contributed by atoms with E-state index in [9.17, 15) is 18.0 Å². The van der Waals surface area contributed by atoms with E-state index in [4.69, 9.17) is 9.47 Å². The molecule has 0 aliphatic carbocycles. The lowest BCUT2D eigenvalue weighted by Gasteiger charge is -2.11. The molecule has 0 radical (unpaired) electrons. The Morgan fingerprint density at radius 1 is 0.821 bits per heavy atom. The van der Waals surface area contributed by atoms with Gasteiger partial charge in [0.05, 0.1) is 5.56 Å². The molecule has 0 fully saturated rings. The molecule has 0 aromatic heterocycles. The predicted octanol–water partition coefficient (Wildman–Crippen LogP) is 5.52. The fourth-order valence-corrected chi connectivity index (χ4v) is 2.34. The molecule has 3 rings (SSSR count). The first kappa shape index (κ1) is 19.3. The molecule has 0 spiro atoms. The summed E-state index contributed by atoms with van der Waals surface area (Å²) in [5.41, 5.74) is -0.322. The second kappa shape index (κ2) is 8.47. The van der Waals surface area contributed by atoms with Crippen LogP contribution in [0, 0.1) is 0 Å². The maximum atomic E-state index is 12.7. The Kier molecular flexibility index (Phi) is 5.84. The number of nitrogens with one attached hydrogen (secondary N) is 1. The van der Waals surface area contributed by atoms with Gasteiger partial charge in [-0.15, -0.1) is 0 Å². The monoisotopic (exact) mass is 387 g/mol. The molecule has 0 unspecified atom stereocenters. The Bertz CT molecular complexity index is 926. The number of ether oxygens (including phenoxy) is 2. The van der Waals surface area contributed by atoms with E-state index < -0.39 is 24.3 Å². The summed E-state index contributed by atoms with van der Waals surface area (Å²) in [6.07, 6.45) is -4.47. The van der Waals surface area contributed by atoms with Gasteiger partial charge in [-0.05, 0) is 54.6 Å². The summed E-state index contributed by atoms with van der Waals surface area (Å²) in [7, 11) is 0. The Morgan fingerprint density at radius 3 is 2.14 bits per heavy atom. The maximum absolute atomic E-state index is 12.7. The lowest BCUT2D eigenvalue weighted by atomic mass is 10.2. The molecule has 4 nitrogen and oxygen atoms in total. The Labute approximate surface area is 159 Å². The molecule has 0 bridgehead atoms. The van der Waals surface area contributed by atoms with E-state index in [0.29, 0.717) is 17.2 Å². The average Bonchev–Trinajstić information content (AvgIpc) is 2.68. The second-order valence-electron chi connectivity index (χ2n) is 5.80. The molecule has 3 aromatic carbocycles. The molecule has 0 aliphatic rings. The first-order chi connectivity index (χ1) is 13.4. The van der Waals surface area contributed by atoms with Crippen LogP contribution in [0.1, 0.15) is 5.56 Å². The first-order valence-corrected chi connectivity index (χ1v) is 8.33. The third kappa shape index (κ3) is 5.51. The third-order valence-corrected chi connectivity index (χ3v) is 3.65. The van der Waals surface area contributed by atoms with Gasteiger partial charge in [0.1, 0.15) is 17.2 Å². The Morgan fingerprint density at radius 2 is 1.46 bits per heavy atom. The highest BCUT2D eigenvalue weighted by Crippen LogP contribution is 2.31. The van der Waals surface area contributed by atoms with Crippen molar-refractivity contribution in [3.63, 3.8) is 0 Å². The highest BCUT2D eigenvalue weighted by molar-refractivity contribution is 5.91. The third-order valence-electron chi connectivity index (χ3n) is 3.65. The van der Waals surface area contributed by atoms with Crippen LogP contribution in [0.25, 0.3) is 0 Å². The summed E-state index contributed by atoms with van der Waals surface area (Å²) in [5, 5.41) is 2.61. The molecule has 1 N–H and O–H groups in total. The van der Waals surface area contributed by atoms with Gasteiger partial charge in [0.2, 0.25) is 0 Å². The fraction of sp³-hybridized carbons (Fsp3) is 0.0952. The number of hydrogen-bond acceptors (Lipinski definition) is 3. The van der Waals surface area contributed by atoms with Crippen LogP contribution in [0.5, 0.6) is 17.2 Å². The van der Waals surface area contributed by atoms with Crippen LogP contribution >= 0.6 is 0 Å². The number of carbonyl (C=O) groups excluding carboxylic acids is 1. The summed E-state index contributed by atoms with van der Waals surface area (Å²) in [5.74, 6) is 0.768. The zero-order chi connectivity index (χ0) is 20.0. The molecular formula is C21H16F3NO3. The summed E-state index contributed by atoms with van der Waals surface area (Å²) in [6, 6.07) is 20.3. The Balaban J connectivity index is 1.52. The standard InChI is InChI=1S/C21H16F3NO3/c22-21(23,24)15-5-4-8-19(13-15)27-14-20(26)25-16-9-11-18(12-10-16)28-17-6-2-1-3-7-17/h1-13H,14H2,(H,25,26). The van der Waals surface area contributed by atoms with Crippen molar-refractivity contribution in [2.75, 3.05) is 11.9 Å². The van der Waals surface area contributed by atoms with Crippen LogP contribution in [0.3, 0.4) is 0 Å². The number of halogens is 3. The first-order valence-electron chi connectivity index (χ1n) is 8.33. The zero-order valence-corrected chi connectivity index (χ0v) is 14.6. The number of carbonyl (C=O) groups is 1. The molecule has 0 heterocycles. The van der Waals surface area contributed by atoms with Crippen molar-refractivity contribution in [2.24, 2.45) is 0 Å². The van der Waals surface area contributed by atoms with E-state index in [1.165, 1.54) is 12.1 Å². The summed E-state index contributed by atoms with van der Waals surface area (Å²) >= 11 is 0. The lowest BCUT2D eigenvalue weighted by molar-refractivity contribution is -0.137. The highest BCUT2D eigenvalue weighted by atomic mass is 19.4. The number of para-hydroxylation sites is 1. The number of anilines is 1. The smallest absolute Gasteiger partial charge is 0.416 e. The molecule has 3 aromatic rings. The van der Waals surface area contributed by atoms with Gasteiger partial charge in [0, 0.05) is 5.69 Å². The molecule has 7 heteroatoms. The van der Waals surface area contributed by atoms with E-state index >= 15 is 0 Å². The van der Waals surface area contributed by atoms with Crippen molar-refractivity contribution < 1.29 is 27.4 Å². The normalized spacial score (nSPS) is 11.0. The summed E-state index contributed by atoms with van der Waals surface area (Å²) in [4.78, 5) is 12.0. The molecule has 144 valence electrons. The van der Waals surface area contributed by atoms with Gasteiger partial charge in [0.25, 0.3) is 5.91 Å².